The highest BCUT2D eigenvalue weighted by Gasteiger charge is 2.39. The number of hydrogen-bond donors (Lipinski definition) is 1. The molecule has 1 saturated carbocycles. The van der Waals surface area contributed by atoms with Crippen LogP contribution in [0.15, 0.2) is 18.5 Å². The normalized spacial score (nSPS) is 26.8. The summed E-state index contributed by atoms with van der Waals surface area (Å²) in [4.78, 5) is 15.2. The van der Waals surface area contributed by atoms with Gasteiger partial charge in [0.05, 0.1) is 12.1 Å². The summed E-state index contributed by atoms with van der Waals surface area (Å²) in [6.07, 6.45) is 5.03. The van der Waals surface area contributed by atoms with Gasteiger partial charge >= 0.3 is 5.97 Å². The average molecular weight is 251 g/mol. The third-order valence-electron chi connectivity index (χ3n) is 3.86. The predicted octanol–water partition coefficient (Wildman–Crippen LogP) is 3.22. The van der Waals surface area contributed by atoms with Crippen molar-refractivity contribution in [2.45, 2.75) is 39.0 Å². The molecular formula is C14H18FNO2. The number of rotatable bonds is 2. The molecule has 2 rings (SSSR count). The number of carboxylic acid groups (broad SMARTS) is 1. The van der Waals surface area contributed by atoms with E-state index >= 15 is 0 Å². The van der Waals surface area contributed by atoms with Crippen LogP contribution in [-0.4, -0.2) is 16.1 Å². The van der Waals surface area contributed by atoms with Gasteiger partial charge in [0.1, 0.15) is 5.82 Å². The second kappa shape index (κ2) is 4.67. The minimum atomic E-state index is -0.792. The second-order valence-corrected chi connectivity index (χ2v) is 5.89. The second-order valence-electron chi connectivity index (χ2n) is 5.89. The van der Waals surface area contributed by atoms with Gasteiger partial charge < -0.3 is 5.11 Å². The van der Waals surface area contributed by atoms with Gasteiger partial charge in [0.25, 0.3) is 0 Å². The minimum Gasteiger partial charge on any atom is -0.481 e. The van der Waals surface area contributed by atoms with Crippen molar-refractivity contribution in [1.82, 2.24) is 4.98 Å². The fourth-order valence-electron chi connectivity index (χ4n) is 2.86. The van der Waals surface area contributed by atoms with E-state index < -0.39 is 17.7 Å². The SMILES string of the molecule is CC1(C)CCC(C(=O)O)C(c2cncc(F)c2)C1. The summed E-state index contributed by atoms with van der Waals surface area (Å²) in [5.41, 5.74) is 0.804. The Labute approximate surface area is 106 Å². The van der Waals surface area contributed by atoms with E-state index in [2.05, 4.69) is 18.8 Å². The number of carboxylic acids is 1. The van der Waals surface area contributed by atoms with Crippen molar-refractivity contribution in [3.63, 3.8) is 0 Å². The summed E-state index contributed by atoms with van der Waals surface area (Å²) < 4.78 is 13.2. The zero-order valence-electron chi connectivity index (χ0n) is 10.7. The molecule has 0 amide bonds. The Balaban J connectivity index is 2.33. The van der Waals surface area contributed by atoms with Crippen LogP contribution in [0.1, 0.15) is 44.6 Å². The molecule has 0 radical (unpaired) electrons. The summed E-state index contributed by atoms with van der Waals surface area (Å²) in [6, 6.07) is 1.41. The molecule has 98 valence electrons. The molecule has 0 bridgehead atoms. The molecule has 0 spiro atoms. The molecule has 1 aliphatic carbocycles. The van der Waals surface area contributed by atoms with E-state index in [4.69, 9.17) is 0 Å². The maximum atomic E-state index is 13.2. The molecule has 1 aromatic rings. The van der Waals surface area contributed by atoms with Gasteiger partial charge in [-0.15, -0.1) is 0 Å². The van der Waals surface area contributed by atoms with Gasteiger partial charge in [0.15, 0.2) is 0 Å². The van der Waals surface area contributed by atoms with Gasteiger partial charge in [-0.05, 0) is 42.2 Å². The molecule has 3 nitrogen and oxygen atoms in total. The molecule has 0 saturated heterocycles. The van der Waals surface area contributed by atoms with Gasteiger partial charge in [-0.3, -0.25) is 9.78 Å². The van der Waals surface area contributed by atoms with Crippen molar-refractivity contribution in [3.05, 3.63) is 29.8 Å². The van der Waals surface area contributed by atoms with E-state index in [1.807, 2.05) is 0 Å². The Morgan fingerprint density at radius 1 is 1.50 bits per heavy atom. The molecule has 2 unspecified atom stereocenters. The molecule has 1 aromatic heterocycles. The first-order chi connectivity index (χ1) is 8.39. The quantitative estimate of drug-likeness (QED) is 0.878. The lowest BCUT2D eigenvalue weighted by molar-refractivity contribution is -0.144. The van der Waals surface area contributed by atoms with Gasteiger partial charge in [-0.1, -0.05) is 13.8 Å². The zero-order valence-corrected chi connectivity index (χ0v) is 10.7. The van der Waals surface area contributed by atoms with Crippen molar-refractivity contribution < 1.29 is 14.3 Å². The Morgan fingerprint density at radius 2 is 2.22 bits per heavy atom. The van der Waals surface area contributed by atoms with E-state index in [0.717, 1.165) is 19.0 Å². The van der Waals surface area contributed by atoms with Crippen LogP contribution in [-0.2, 0) is 4.79 Å². The van der Waals surface area contributed by atoms with Crippen molar-refractivity contribution in [2.24, 2.45) is 11.3 Å². The highest BCUT2D eigenvalue weighted by Crippen LogP contribution is 2.46. The standard InChI is InChI=1S/C14H18FNO2/c1-14(2)4-3-11(13(17)18)12(6-14)9-5-10(15)8-16-7-9/h5,7-8,11-12H,3-4,6H2,1-2H3,(H,17,18). The van der Waals surface area contributed by atoms with Crippen molar-refractivity contribution >= 4 is 5.97 Å². The maximum Gasteiger partial charge on any atom is 0.307 e. The molecule has 1 heterocycles. The number of aliphatic carboxylic acids is 1. The van der Waals surface area contributed by atoms with Crippen LogP contribution < -0.4 is 0 Å². The van der Waals surface area contributed by atoms with Crippen molar-refractivity contribution in [1.29, 1.82) is 0 Å². The summed E-state index contributed by atoms with van der Waals surface area (Å²) in [5, 5.41) is 9.30. The summed E-state index contributed by atoms with van der Waals surface area (Å²) in [7, 11) is 0. The number of aromatic nitrogens is 1. The van der Waals surface area contributed by atoms with E-state index in [0.29, 0.717) is 12.0 Å². The van der Waals surface area contributed by atoms with Crippen LogP contribution in [0.4, 0.5) is 4.39 Å². The number of nitrogens with zero attached hydrogens (tertiary/aromatic N) is 1. The number of carbonyl (C=O) groups is 1. The third kappa shape index (κ3) is 2.68. The van der Waals surface area contributed by atoms with Crippen LogP contribution in [0.25, 0.3) is 0 Å². The minimum absolute atomic E-state index is 0.100. The van der Waals surface area contributed by atoms with Crippen molar-refractivity contribution in [3.8, 4) is 0 Å². The van der Waals surface area contributed by atoms with E-state index in [9.17, 15) is 14.3 Å². The summed E-state index contributed by atoms with van der Waals surface area (Å²) >= 11 is 0. The highest BCUT2D eigenvalue weighted by atomic mass is 19.1. The fourth-order valence-corrected chi connectivity index (χ4v) is 2.86. The largest absolute Gasteiger partial charge is 0.481 e. The van der Waals surface area contributed by atoms with E-state index in [-0.39, 0.29) is 11.3 Å². The van der Waals surface area contributed by atoms with E-state index in [1.54, 1.807) is 6.20 Å². The van der Waals surface area contributed by atoms with Gasteiger partial charge in [0.2, 0.25) is 0 Å². The van der Waals surface area contributed by atoms with Crippen LogP contribution in [0, 0.1) is 17.2 Å². The molecule has 1 N–H and O–H groups in total. The first kappa shape index (κ1) is 13.0. The topological polar surface area (TPSA) is 50.2 Å². The lowest BCUT2D eigenvalue weighted by Gasteiger charge is -2.39. The maximum absolute atomic E-state index is 13.2. The van der Waals surface area contributed by atoms with Gasteiger partial charge in [-0.2, -0.15) is 0 Å². The lowest BCUT2D eigenvalue weighted by Crippen LogP contribution is -2.33. The Morgan fingerprint density at radius 3 is 2.83 bits per heavy atom. The molecule has 1 aliphatic rings. The third-order valence-corrected chi connectivity index (χ3v) is 3.86. The lowest BCUT2D eigenvalue weighted by atomic mass is 9.65. The molecule has 0 aliphatic heterocycles. The Kier molecular flexibility index (Phi) is 3.37. The van der Waals surface area contributed by atoms with Gasteiger partial charge in [0, 0.05) is 6.20 Å². The molecular weight excluding hydrogens is 233 g/mol. The van der Waals surface area contributed by atoms with Crippen LogP contribution in [0.2, 0.25) is 0 Å². The van der Waals surface area contributed by atoms with E-state index in [1.165, 1.54) is 6.07 Å². The number of halogens is 1. The average Bonchev–Trinajstić information content (AvgIpc) is 2.27. The summed E-state index contributed by atoms with van der Waals surface area (Å²) in [6.45, 7) is 4.26. The Bertz CT molecular complexity index is 459. The summed E-state index contributed by atoms with van der Waals surface area (Å²) in [5.74, 6) is -1.77. The fraction of sp³-hybridized carbons (Fsp3) is 0.571. The molecule has 4 heteroatoms. The van der Waals surface area contributed by atoms with Crippen molar-refractivity contribution in [2.75, 3.05) is 0 Å². The van der Waals surface area contributed by atoms with Crippen LogP contribution >= 0.6 is 0 Å². The Hall–Kier alpha value is -1.45. The molecule has 1 fully saturated rings. The number of hydrogen-bond acceptors (Lipinski definition) is 2. The van der Waals surface area contributed by atoms with Crippen LogP contribution in [0.5, 0.6) is 0 Å². The first-order valence-electron chi connectivity index (χ1n) is 6.22. The highest BCUT2D eigenvalue weighted by molar-refractivity contribution is 5.71. The molecule has 2 atom stereocenters. The van der Waals surface area contributed by atoms with Crippen LogP contribution in [0.3, 0.4) is 0 Å². The molecule has 0 aromatic carbocycles. The smallest absolute Gasteiger partial charge is 0.307 e. The predicted molar refractivity (Wildman–Crippen MR) is 65.7 cm³/mol. The zero-order chi connectivity index (χ0) is 13.3. The number of pyridine rings is 1. The van der Waals surface area contributed by atoms with Gasteiger partial charge in [-0.25, -0.2) is 4.39 Å². The monoisotopic (exact) mass is 251 g/mol. The first-order valence-corrected chi connectivity index (χ1v) is 6.22. The molecule has 18 heavy (non-hydrogen) atoms.